The Morgan fingerprint density at radius 1 is 1.19 bits per heavy atom. The minimum absolute atomic E-state index is 0.126. The molecule has 2 aromatic heterocycles. The van der Waals surface area contributed by atoms with E-state index in [1.165, 1.54) is 29.5 Å². The second kappa shape index (κ2) is 6.97. The van der Waals surface area contributed by atoms with E-state index in [1.54, 1.807) is 11.3 Å². The summed E-state index contributed by atoms with van der Waals surface area (Å²) in [4.78, 5) is 14.4. The van der Waals surface area contributed by atoms with Crippen LogP contribution in [0.3, 0.4) is 0 Å². The summed E-state index contributed by atoms with van der Waals surface area (Å²) in [6, 6.07) is 0. The van der Waals surface area contributed by atoms with Crippen molar-refractivity contribution in [2.24, 2.45) is 5.41 Å². The molecule has 2 fully saturated rings. The van der Waals surface area contributed by atoms with Crippen LogP contribution in [0.1, 0.15) is 41.9 Å². The van der Waals surface area contributed by atoms with E-state index in [0.29, 0.717) is 6.54 Å². The van der Waals surface area contributed by atoms with E-state index in [1.807, 2.05) is 0 Å². The monoisotopic (exact) mass is 408 g/mol. The van der Waals surface area contributed by atoms with Crippen molar-refractivity contribution in [3.63, 3.8) is 0 Å². The number of thiophene rings is 1. The standard InChI is InChI=1S/C19H28N4O2S2/c1-13-14(2)26-18-16(13)17(20-11-19(6-7-19)12-27(3,24)25)21-15(22-18)10-23-8-4-5-9-23/h4-12H2,1-3H3,(H,20,21,22). The van der Waals surface area contributed by atoms with E-state index in [9.17, 15) is 8.42 Å². The highest BCUT2D eigenvalue weighted by molar-refractivity contribution is 7.90. The molecule has 0 radical (unpaired) electrons. The zero-order valence-corrected chi connectivity index (χ0v) is 18.0. The molecular formula is C19H28N4O2S2. The van der Waals surface area contributed by atoms with Gasteiger partial charge in [0.2, 0.25) is 0 Å². The van der Waals surface area contributed by atoms with Crippen molar-refractivity contribution in [2.75, 3.05) is 37.0 Å². The second-order valence-corrected chi connectivity index (χ2v) is 11.7. The second-order valence-electron chi connectivity index (χ2n) is 8.36. The number of nitrogens with zero attached hydrogens (tertiary/aromatic N) is 3. The zero-order valence-electron chi connectivity index (χ0n) is 16.3. The zero-order chi connectivity index (χ0) is 19.2. The van der Waals surface area contributed by atoms with Gasteiger partial charge in [-0.3, -0.25) is 4.90 Å². The fraction of sp³-hybridized carbons (Fsp3) is 0.684. The fourth-order valence-corrected chi connectivity index (χ4v) is 6.56. The number of aryl methyl sites for hydroxylation is 2. The van der Waals surface area contributed by atoms with Crippen LogP contribution in [-0.2, 0) is 16.4 Å². The topological polar surface area (TPSA) is 75.2 Å². The van der Waals surface area contributed by atoms with Crippen molar-refractivity contribution in [1.82, 2.24) is 14.9 Å². The Labute approximate surface area is 165 Å². The molecule has 2 aliphatic rings. The first-order chi connectivity index (χ1) is 12.7. The molecule has 1 N–H and O–H groups in total. The van der Waals surface area contributed by atoms with Crippen molar-refractivity contribution in [3.05, 3.63) is 16.3 Å². The smallest absolute Gasteiger partial charge is 0.148 e. The molecule has 6 nitrogen and oxygen atoms in total. The van der Waals surface area contributed by atoms with Crippen molar-refractivity contribution >= 4 is 37.2 Å². The van der Waals surface area contributed by atoms with Crippen molar-refractivity contribution in [3.8, 4) is 0 Å². The average Bonchev–Trinajstić information content (AvgIpc) is 2.99. The van der Waals surface area contributed by atoms with Crippen LogP contribution in [0.2, 0.25) is 0 Å². The summed E-state index contributed by atoms with van der Waals surface area (Å²) < 4.78 is 23.5. The lowest BCUT2D eigenvalue weighted by Gasteiger charge is -2.18. The normalized spacial score (nSPS) is 19.7. The van der Waals surface area contributed by atoms with Gasteiger partial charge < -0.3 is 5.32 Å². The van der Waals surface area contributed by atoms with Crippen LogP contribution in [0.25, 0.3) is 10.2 Å². The summed E-state index contributed by atoms with van der Waals surface area (Å²) in [6.07, 6.45) is 5.75. The SMILES string of the molecule is Cc1sc2nc(CN3CCCC3)nc(NCC3(CS(C)(=O)=O)CC3)c2c1C. The van der Waals surface area contributed by atoms with Crippen LogP contribution in [0.5, 0.6) is 0 Å². The largest absolute Gasteiger partial charge is 0.369 e. The molecule has 0 amide bonds. The lowest BCUT2D eigenvalue weighted by atomic mass is 10.1. The van der Waals surface area contributed by atoms with Gasteiger partial charge >= 0.3 is 0 Å². The number of hydrogen-bond acceptors (Lipinski definition) is 7. The molecule has 0 bridgehead atoms. The van der Waals surface area contributed by atoms with Gasteiger partial charge in [-0.25, -0.2) is 18.4 Å². The minimum Gasteiger partial charge on any atom is -0.369 e. The van der Waals surface area contributed by atoms with Gasteiger partial charge in [-0.05, 0) is 58.2 Å². The van der Waals surface area contributed by atoms with E-state index in [0.717, 1.165) is 54.3 Å². The molecule has 4 rings (SSSR count). The molecule has 1 aliphatic heterocycles. The molecule has 3 heterocycles. The number of hydrogen-bond donors (Lipinski definition) is 1. The molecule has 148 valence electrons. The van der Waals surface area contributed by atoms with Crippen LogP contribution in [-0.4, -0.2) is 54.9 Å². The van der Waals surface area contributed by atoms with E-state index >= 15 is 0 Å². The summed E-state index contributed by atoms with van der Waals surface area (Å²) in [5, 5.41) is 4.60. The van der Waals surface area contributed by atoms with E-state index in [4.69, 9.17) is 9.97 Å². The predicted octanol–water partition coefficient (Wildman–Crippen LogP) is 3.14. The highest BCUT2D eigenvalue weighted by Gasteiger charge is 2.45. The Morgan fingerprint density at radius 2 is 1.89 bits per heavy atom. The summed E-state index contributed by atoms with van der Waals surface area (Å²) in [5.41, 5.74) is 1.09. The van der Waals surface area contributed by atoms with Crippen LogP contribution >= 0.6 is 11.3 Å². The summed E-state index contributed by atoms with van der Waals surface area (Å²) in [6.45, 7) is 7.91. The first kappa shape index (κ1) is 19.1. The molecule has 0 aromatic carbocycles. The summed E-state index contributed by atoms with van der Waals surface area (Å²) in [7, 11) is -2.97. The first-order valence-corrected chi connectivity index (χ1v) is 12.5. The van der Waals surface area contributed by atoms with Crippen LogP contribution in [0.15, 0.2) is 0 Å². The molecule has 0 unspecified atom stereocenters. The Kier molecular flexibility index (Phi) is 4.93. The molecule has 2 aromatic rings. The van der Waals surface area contributed by atoms with Crippen LogP contribution in [0.4, 0.5) is 5.82 Å². The van der Waals surface area contributed by atoms with Crippen LogP contribution in [0, 0.1) is 19.3 Å². The van der Waals surface area contributed by atoms with Crippen LogP contribution < -0.4 is 5.32 Å². The van der Waals surface area contributed by atoms with Gasteiger partial charge in [-0.1, -0.05) is 0 Å². The van der Waals surface area contributed by atoms with Gasteiger partial charge in [0.1, 0.15) is 26.3 Å². The number of sulfone groups is 1. The number of aromatic nitrogens is 2. The van der Waals surface area contributed by atoms with Gasteiger partial charge in [0.05, 0.1) is 17.7 Å². The van der Waals surface area contributed by atoms with Crippen molar-refractivity contribution in [2.45, 2.75) is 46.1 Å². The maximum atomic E-state index is 11.8. The molecule has 1 aliphatic carbocycles. The van der Waals surface area contributed by atoms with Gasteiger partial charge in [-0.2, -0.15) is 0 Å². The average molecular weight is 409 g/mol. The van der Waals surface area contributed by atoms with Gasteiger partial charge in [0.15, 0.2) is 0 Å². The minimum atomic E-state index is -2.97. The molecule has 1 saturated carbocycles. The third-order valence-corrected chi connectivity index (χ3v) is 8.03. The molecule has 0 spiro atoms. The van der Waals surface area contributed by atoms with Crippen molar-refractivity contribution in [1.29, 1.82) is 0 Å². The van der Waals surface area contributed by atoms with E-state index < -0.39 is 9.84 Å². The Morgan fingerprint density at radius 3 is 2.52 bits per heavy atom. The fourth-order valence-electron chi connectivity index (χ4n) is 4.01. The Hall–Kier alpha value is -1.25. The Balaban J connectivity index is 1.61. The lowest BCUT2D eigenvalue weighted by molar-refractivity contribution is 0.323. The number of anilines is 1. The first-order valence-electron chi connectivity index (χ1n) is 9.65. The number of fused-ring (bicyclic) bond motifs is 1. The molecule has 27 heavy (non-hydrogen) atoms. The number of likely N-dealkylation sites (tertiary alicyclic amines) is 1. The van der Waals surface area contributed by atoms with Gasteiger partial charge in [0, 0.05) is 23.1 Å². The highest BCUT2D eigenvalue weighted by Crippen LogP contribution is 2.47. The van der Waals surface area contributed by atoms with Crippen molar-refractivity contribution < 1.29 is 8.42 Å². The molecule has 0 atom stereocenters. The van der Waals surface area contributed by atoms with E-state index in [2.05, 4.69) is 24.1 Å². The number of nitrogens with one attached hydrogen (secondary N) is 1. The number of rotatable bonds is 7. The van der Waals surface area contributed by atoms with E-state index in [-0.39, 0.29) is 11.2 Å². The lowest BCUT2D eigenvalue weighted by Crippen LogP contribution is -2.25. The third-order valence-electron chi connectivity index (χ3n) is 5.80. The maximum absolute atomic E-state index is 11.8. The molecule has 1 saturated heterocycles. The maximum Gasteiger partial charge on any atom is 0.148 e. The summed E-state index contributed by atoms with van der Waals surface area (Å²) >= 11 is 1.72. The Bertz CT molecular complexity index is 958. The van der Waals surface area contributed by atoms with Gasteiger partial charge in [-0.15, -0.1) is 11.3 Å². The quantitative estimate of drug-likeness (QED) is 0.759. The third kappa shape index (κ3) is 4.27. The highest BCUT2D eigenvalue weighted by atomic mass is 32.2. The summed E-state index contributed by atoms with van der Waals surface area (Å²) in [5.74, 6) is 1.99. The predicted molar refractivity (Wildman–Crippen MR) is 111 cm³/mol. The van der Waals surface area contributed by atoms with Gasteiger partial charge in [0.25, 0.3) is 0 Å². The molecular weight excluding hydrogens is 380 g/mol. The molecule has 8 heteroatoms.